The summed E-state index contributed by atoms with van der Waals surface area (Å²) < 4.78 is 36.8. The lowest BCUT2D eigenvalue weighted by Crippen LogP contribution is -2.30. The van der Waals surface area contributed by atoms with Gasteiger partial charge in [0.15, 0.2) is 6.10 Å². The molecule has 9 heteroatoms. The van der Waals surface area contributed by atoms with Gasteiger partial charge >= 0.3 is 12.1 Å². The van der Waals surface area contributed by atoms with E-state index in [1.807, 2.05) is 0 Å². The minimum Gasteiger partial charge on any atom is -0.479 e. The summed E-state index contributed by atoms with van der Waals surface area (Å²) in [6, 6.07) is 1.62. The van der Waals surface area contributed by atoms with Gasteiger partial charge in [-0.1, -0.05) is 0 Å². The van der Waals surface area contributed by atoms with Crippen LogP contribution in [0.15, 0.2) is 18.3 Å². The van der Waals surface area contributed by atoms with E-state index >= 15 is 0 Å². The topological polar surface area (TPSA) is 99.5 Å². The molecule has 1 amide bonds. The summed E-state index contributed by atoms with van der Waals surface area (Å²) in [6.07, 6.45) is -5.84. The molecule has 1 aromatic heterocycles. The van der Waals surface area contributed by atoms with Crippen LogP contribution in [-0.2, 0) is 11.0 Å². The SMILES string of the molecule is O=C(NCCC(O)C(=O)O)c1ccc(C(F)(F)F)cn1. The molecule has 0 spiro atoms. The number of carboxylic acid groups (broad SMARTS) is 1. The Balaban J connectivity index is 2.54. The third-order valence-electron chi connectivity index (χ3n) is 2.31. The van der Waals surface area contributed by atoms with E-state index in [0.717, 1.165) is 6.07 Å². The van der Waals surface area contributed by atoms with Crippen molar-refractivity contribution in [3.05, 3.63) is 29.6 Å². The molecule has 1 heterocycles. The van der Waals surface area contributed by atoms with Crippen molar-refractivity contribution in [2.45, 2.75) is 18.7 Å². The molecule has 0 saturated heterocycles. The van der Waals surface area contributed by atoms with Crippen LogP contribution in [0.1, 0.15) is 22.5 Å². The maximum absolute atomic E-state index is 12.3. The normalized spacial score (nSPS) is 12.8. The molecule has 0 fully saturated rings. The predicted molar refractivity (Wildman–Crippen MR) is 59.8 cm³/mol. The van der Waals surface area contributed by atoms with E-state index in [4.69, 9.17) is 10.2 Å². The van der Waals surface area contributed by atoms with Crippen LogP contribution in [0.5, 0.6) is 0 Å². The zero-order valence-electron chi connectivity index (χ0n) is 10.0. The quantitative estimate of drug-likeness (QED) is 0.740. The Morgan fingerprint density at radius 1 is 1.35 bits per heavy atom. The van der Waals surface area contributed by atoms with Gasteiger partial charge in [-0.15, -0.1) is 0 Å². The minimum atomic E-state index is -4.53. The first-order valence-electron chi connectivity index (χ1n) is 5.44. The fourth-order valence-corrected chi connectivity index (χ4v) is 1.23. The number of alkyl halides is 3. The first kappa shape index (κ1) is 15.9. The molecule has 1 unspecified atom stereocenters. The second-order valence-corrected chi connectivity index (χ2v) is 3.83. The summed E-state index contributed by atoms with van der Waals surface area (Å²) in [5.74, 6) is -2.18. The molecule has 0 bridgehead atoms. The Morgan fingerprint density at radius 3 is 2.45 bits per heavy atom. The Kier molecular flexibility index (Phi) is 5.03. The average Bonchev–Trinajstić information content (AvgIpc) is 2.37. The maximum atomic E-state index is 12.3. The van der Waals surface area contributed by atoms with Crippen LogP contribution < -0.4 is 5.32 Å². The van der Waals surface area contributed by atoms with Crippen LogP contribution in [0, 0.1) is 0 Å². The Hall–Kier alpha value is -2.16. The third kappa shape index (κ3) is 4.50. The van der Waals surface area contributed by atoms with E-state index < -0.39 is 29.7 Å². The number of nitrogens with one attached hydrogen (secondary N) is 1. The second kappa shape index (κ2) is 6.33. The average molecular weight is 292 g/mol. The van der Waals surface area contributed by atoms with Crippen molar-refractivity contribution in [2.75, 3.05) is 6.54 Å². The van der Waals surface area contributed by atoms with Gasteiger partial charge in [0.05, 0.1) is 5.56 Å². The van der Waals surface area contributed by atoms with E-state index in [1.54, 1.807) is 0 Å². The highest BCUT2D eigenvalue weighted by Gasteiger charge is 2.30. The molecular weight excluding hydrogens is 281 g/mol. The van der Waals surface area contributed by atoms with Gasteiger partial charge in [-0.2, -0.15) is 13.2 Å². The number of nitrogens with zero attached hydrogens (tertiary/aromatic N) is 1. The molecule has 0 aromatic carbocycles. The number of carbonyl (C=O) groups is 2. The van der Waals surface area contributed by atoms with Gasteiger partial charge in [0.2, 0.25) is 0 Å². The highest BCUT2D eigenvalue weighted by molar-refractivity contribution is 5.92. The smallest absolute Gasteiger partial charge is 0.417 e. The van der Waals surface area contributed by atoms with Gasteiger partial charge in [0, 0.05) is 19.2 Å². The Labute approximate surface area is 111 Å². The van der Waals surface area contributed by atoms with Gasteiger partial charge in [-0.3, -0.25) is 9.78 Å². The standard InChI is InChI=1S/C11H11F3N2O4/c12-11(13,14)6-1-2-7(16-5-6)9(18)15-4-3-8(17)10(19)20/h1-2,5,8,17H,3-4H2,(H,15,18)(H,19,20). The number of carbonyl (C=O) groups excluding carboxylic acids is 1. The van der Waals surface area contributed by atoms with Crippen molar-refractivity contribution < 1.29 is 33.0 Å². The Bertz CT molecular complexity index is 487. The summed E-state index contributed by atoms with van der Waals surface area (Å²) in [5, 5.41) is 19.6. The number of amides is 1. The van der Waals surface area contributed by atoms with E-state index in [9.17, 15) is 22.8 Å². The molecule has 0 aliphatic carbocycles. The highest BCUT2D eigenvalue weighted by atomic mass is 19.4. The zero-order chi connectivity index (χ0) is 15.3. The molecule has 0 radical (unpaired) electrons. The van der Waals surface area contributed by atoms with Crippen LogP contribution in [0.25, 0.3) is 0 Å². The largest absolute Gasteiger partial charge is 0.479 e. The van der Waals surface area contributed by atoms with Gasteiger partial charge in [-0.05, 0) is 12.1 Å². The lowest BCUT2D eigenvalue weighted by molar-refractivity contribution is -0.146. The van der Waals surface area contributed by atoms with Gasteiger partial charge in [0.25, 0.3) is 5.91 Å². The lowest BCUT2D eigenvalue weighted by Gasteiger charge is -2.08. The molecule has 1 rings (SSSR count). The molecule has 0 aliphatic rings. The number of halogens is 3. The highest BCUT2D eigenvalue weighted by Crippen LogP contribution is 2.28. The van der Waals surface area contributed by atoms with Crippen LogP contribution in [0.2, 0.25) is 0 Å². The van der Waals surface area contributed by atoms with Gasteiger partial charge in [-0.25, -0.2) is 4.79 Å². The van der Waals surface area contributed by atoms with Crippen LogP contribution in [0.3, 0.4) is 0 Å². The van der Waals surface area contributed by atoms with Gasteiger partial charge in [0.1, 0.15) is 5.69 Å². The molecule has 20 heavy (non-hydrogen) atoms. The van der Waals surface area contributed by atoms with Crippen molar-refractivity contribution in [3.8, 4) is 0 Å². The van der Waals surface area contributed by atoms with E-state index in [-0.39, 0.29) is 18.7 Å². The molecule has 0 saturated carbocycles. The molecular formula is C11H11F3N2O4. The monoisotopic (exact) mass is 292 g/mol. The van der Waals surface area contributed by atoms with Crippen molar-refractivity contribution in [1.29, 1.82) is 0 Å². The minimum absolute atomic E-state index is 0.144. The summed E-state index contributed by atoms with van der Waals surface area (Å²) in [5.41, 5.74) is -1.21. The predicted octanol–water partition coefficient (Wildman–Crippen LogP) is 0.666. The van der Waals surface area contributed by atoms with E-state index in [0.29, 0.717) is 12.3 Å². The first-order chi connectivity index (χ1) is 9.21. The Morgan fingerprint density at radius 2 is 2.00 bits per heavy atom. The lowest BCUT2D eigenvalue weighted by atomic mass is 10.2. The number of hydrogen-bond donors (Lipinski definition) is 3. The molecule has 3 N–H and O–H groups in total. The molecule has 0 aliphatic heterocycles. The number of aromatic nitrogens is 1. The van der Waals surface area contributed by atoms with Crippen molar-refractivity contribution >= 4 is 11.9 Å². The van der Waals surface area contributed by atoms with Crippen LogP contribution in [-0.4, -0.2) is 39.7 Å². The number of rotatable bonds is 5. The number of pyridine rings is 1. The van der Waals surface area contributed by atoms with E-state index in [1.165, 1.54) is 0 Å². The summed E-state index contributed by atoms with van der Waals surface area (Å²) >= 11 is 0. The van der Waals surface area contributed by atoms with E-state index in [2.05, 4.69) is 10.3 Å². The fraction of sp³-hybridized carbons (Fsp3) is 0.364. The molecule has 6 nitrogen and oxygen atoms in total. The number of aliphatic hydroxyl groups is 1. The van der Waals surface area contributed by atoms with Crippen molar-refractivity contribution in [1.82, 2.24) is 10.3 Å². The van der Waals surface area contributed by atoms with Crippen LogP contribution in [0.4, 0.5) is 13.2 Å². The zero-order valence-corrected chi connectivity index (χ0v) is 10.0. The summed E-state index contributed by atoms with van der Waals surface area (Å²) in [4.78, 5) is 25.1. The summed E-state index contributed by atoms with van der Waals surface area (Å²) in [6.45, 7) is -0.144. The number of carboxylic acids is 1. The van der Waals surface area contributed by atoms with Gasteiger partial charge < -0.3 is 15.5 Å². The fourth-order valence-electron chi connectivity index (χ4n) is 1.23. The maximum Gasteiger partial charge on any atom is 0.417 e. The molecule has 1 atom stereocenters. The number of aliphatic hydroxyl groups excluding tert-OH is 1. The van der Waals surface area contributed by atoms with Crippen molar-refractivity contribution in [3.63, 3.8) is 0 Å². The van der Waals surface area contributed by atoms with Crippen molar-refractivity contribution in [2.24, 2.45) is 0 Å². The number of hydrogen-bond acceptors (Lipinski definition) is 4. The third-order valence-corrected chi connectivity index (χ3v) is 2.31. The summed E-state index contributed by atoms with van der Waals surface area (Å²) in [7, 11) is 0. The molecule has 110 valence electrons. The second-order valence-electron chi connectivity index (χ2n) is 3.83. The van der Waals surface area contributed by atoms with Crippen LogP contribution >= 0.6 is 0 Å². The first-order valence-corrected chi connectivity index (χ1v) is 5.44. The molecule has 1 aromatic rings. The number of aliphatic carboxylic acids is 1.